The smallest absolute Gasteiger partial charge is 0.311 e. The lowest BCUT2D eigenvalue weighted by Gasteiger charge is -2.26. The first kappa shape index (κ1) is 16.4. The van der Waals surface area contributed by atoms with Crippen molar-refractivity contribution in [2.75, 3.05) is 27.2 Å². The van der Waals surface area contributed by atoms with Crippen molar-refractivity contribution >= 4 is 5.97 Å². The molecule has 0 rings (SSSR count). The molecule has 1 atom stereocenters. The fourth-order valence-electron chi connectivity index (χ4n) is 1.68. The minimum atomic E-state index is -0.290. The zero-order valence-corrected chi connectivity index (χ0v) is 12.2. The van der Waals surface area contributed by atoms with E-state index < -0.39 is 0 Å². The van der Waals surface area contributed by atoms with Crippen LogP contribution in [0.2, 0.25) is 0 Å². The van der Waals surface area contributed by atoms with E-state index >= 15 is 0 Å². The van der Waals surface area contributed by atoms with E-state index in [4.69, 9.17) is 4.74 Å². The fourth-order valence-corrected chi connectivity index (χ4v) is 1.68. The Morgan fingerprint density at radius 2 is 1.88 bits per heavy atom. The molecule has 0 heterocycles. The number of likely N-dealkylation sites (N-methyl/N-ethyl adjacent to an activating group) is 1. The van der Waals surface area contributed by atoms with Gasteiger partial charge in [-0.3, -0.25) is 4.79 Å². The number of rotatable bonds is 9. The van der Waals surface area contributed by atoms with Crippen LogP contribution in [0.25, 0.3) is 0 Å². The average Bonchev–Trinajstić information content (AvgIpc) is 2.28. The summed E-state index contributed by atoms with van der Waals surface area (Å²) in [5.74, 6) is -0.0297. The van der Waals surface area contributed by atoms with Gasteiger partial charge in [-0.25, -0.2) is 0 Å². The quantitative estimate of drug-likeness (QED) is 0.460. The Kier molecular flexibility index (Phi) is 8.23. The molecule has 0 amide bonds. The van der Waals surface area contributed by atoms with Gasteiger partial charge >= 0.3 is 5.97 Å². The van der Waals surface area contributed by atoms with Gasteiger partial charge in [-0.2, -0.15) is 0 Å². The first-order valence-corrected chi connectivity index (χ1v) is 6.78. The van der Waals surface area contributed by atoms with E-state index in [0.29, 0.717) is 6.61 Å². The molecule has 0 aromatic rings. The third kappa shape index (κ3) is 6.67. The molecule has 3 heteroatoms. The first-order chi connectivity index (χ1) is 7.96. The molecule has 0 aliphatic heterocycles. The molecule has 0 aromatic carbocycles. The second kappa shape index (κ2) is 8.51. The summed E-state index contributed by atoms with van der Waals surface area (Å²) in [6.07, 6.45) is 5.30. The Morgan fingerprint density at radius 3 is 2.35 bits per heavy atom. The van der Waals surface area contributed by atoms with Gasteiger partial charge in [0.1, 0.15) is 6.61 Å². The summed E-state index contributed by atoms with van der Waals surface area (Å²) in [7, 11) is 3.96. The SMILES string of the molecule is CCCCCC(C)(CC)C(=O)OCCN(C)C. The van der Waals surface area contributed by atoms with Crippen LogP contribution in [0.1, 0.15) is 52.9 Å². The Balaban J connectivity index is 4.08. The van der Waals surface area contributed by atoms with E-state index in [9.17, 15) is 4.79 Å². The highest BCUT2D eigenvalue weighted by Crippen LogP contribution is 2.30. The molecule has 0 aliphatic carbocycles. The zero-order chi connectivity index (χ0) is 13.3. The molecule has 3 nitrogen and oxygen atoms in total. The molecule has 0 saturated carbocycles. The number of nitrogens with zero attached hydrogens (tertiary/aromatic N) is 1. The van der Waals surface area contributed by atoms with Crippen LogP contribution >= 0.6 is 0 Å². The molecule has 0 fully saturated rings. The number of carbonyl (C=O) groups is 1. The zero-order valence-electron chi connectivity index (χ0n) is 12.2. The molecular formula is C14H29NO2. The maximum absolute atomic E-state index is 12.0. The highest BCUT2D eigenvalue weighted by Gasteiger charge is 2.32. The third-order valence-corrected chi connectivity index (χ3v) is 3.38. The van der Waals surface area contributed by atoms with Crippen molar-refractivity contribution in [3.63, 3.8) is 0 Å². The van der Waals surface area contributed by atoms with Gasteiger partial charge in [-0.1, -0.05) is 33.1 Å². The van der Waals surface area contributed by atoms with E-state index in [0.717, 1.165) is 25.8 Å². The van der Waals surface area contributed by atoms with Crippen molar-refractivity contribution < 1.29 is 9.53 Å². The van der Waals surface area contributed by atoms with E-state index in [1.54, 1.807) is 0 Å². The van der Waals surface area contributed by atoms with Crippen molar-refractivity contribution in [3.05, 3.63) is 0 Å². The first-order valence-electron chi connectivity index (χ1n) is 6.78. The van der Waals surface area contributed by atoms with Gasteiger partial charge in [0.2, 0.25) is 0 Å². The number of esters is 1. The van der Waals surface area contributed by atoms with Crippen molar-refractivity contribution in [3.8, 4) is 0 Å². The van der Waals surface area contributed by atoms with Crippen molar-refractivity contribution in [1.29, 1.82) is 0 Å². The average molecular weight is 243 g/mol. The Morgan fingerprint density at radius 1 is 1.24 bits per heavy atom. The van der Waals surface area contributed by atoms with Crippen molar-refractivity contribution in [2.24, 2.45) is 5.41 Å². The van der Waals surface area contributed by atoms with Gasteiger partial charge in [0, 0.05) is 6.54 Å². The summed E-state index contributed by atoms with van der Waals surface area (Å²) < 4.78 is 5.36. The van der Waals surface area contributed by atoms with Gasteiger partial charge in [0.05, 0.1) is 5.41 Å². The van der Waals surface area contributed by atoms with E-state index in [1.165, 1.54) is 12.8 Å². The second-order valence-corrected chi connectivity index (χ2v) is 5.31. The molecule has 1 unspecified atom stereocenters. The molecular weight excluding hydrogens is 214 g/mol. The van der Waals surface area contributed by atoms with Crippen molar-refractivity contribution in [2.45, 2.75) is 52.9 Å². The standard InChI is InChI=1S/C14H29NO2/c1-6-8-9-10-14(3,7-2)13(16)17-12-11-15(4)5/h6-12H2,1-5H3. The highest BCUT2D eigenvalue weighted by molar-refractivity contribution is 5.76. The van der Waals surface area contributed by atoms with Gasteiger partial charge < -0.3 is 9.64 Å². The van der Waals surface area contributed by atoms with Crippen LogP contribution in [-0.4, -0.2) is 38.1 Å². The molecule has 0 aliphatic rings. The van der Waals surface area contributed by atoms with Gasteiger partial charge in [0.15, 0.2) is 0 Å². The predicted octanol–water partition coefficient (Wildman–Crippen LogP) is 3.09. The Bertz CT molecular complexity index is 216. The third-order valence-electron chi connectivity index (χ3n) is 3.38. The second-order valence-electron chi connectivity index (χ2n) is 5.31. The molecule has 0 aromatic heterocycles. The summed E-state index contributed by atoms with van der Waals surface area (Å²) in [6.45, 7) is 7.56. The lowest BCUT2D eigenvalue weighted by molar-refractivity contribution is -0.156. The molecule has 17 heavy (non-hydrogen) atoms. The highest BCUT2D eigenvalue weighted by atomic mass is 16.5. The van der Waals surface area contributed by atoms with E-state index in [2.05, 4.69) is 13.8 Å². The molecule has 0 saturated heterocycles. The summed E-state index contributed by atoms with van der Waals surface area (Å²) in [6, 6.07) is 0. The Hall–Kier alpha value is -0.570. The minimum absolute atomic E-state index is 0.0297. The van der Waals surface area contributed by atoms with Crippen LogP contribution < -0.4 is 0 Å². The molecule has 0 spiro atoms. The summed E-state index contributed by atoms with van der Waals surface area (Å²) in [4.78, 5) is 14.1. The molecule has 102 valence electrons. The summed E-state index contributed by atoms with van der Waals surface area (Å²) in [5, 5.41) is 0. The molecule has 0 radical (unpaired) electrons. The lowest BCUT2D eigenvalue weighted by atomic mass is 9.82. The number of hydrogen-bond donors (Lipinski definition) is 0. The molecule has 0 N–H and O–H groups in total. The van der Waals surface area contributed by atoms with Crippen LogP contribution in [0.3, 0.4) is 0 Å². The number of ether oxygens (including phenoxy) is 1. The van der Waals surface area contributed by atoms with Crippen LogP contribution in [-0.2, 0) is 9.53 Å². The number of hydrogen-bond acceptors (Lipinski definition) is 3. The maximum Gasteiger partial charge on any atom is 0.311 e. The lowest BCUT2D eigenvalue weighted by Crippen LogP contribution is -2.31. The number of unbranched alkanes of at least 4 members (excludes halogenated alkanes) is 2. The fraction of sp³-hybridized carbons (Fsp3) is 0.929. The normalized spacial score (nSPS) is 14.7. The van der Waals surface area contributed by atoms with Crippen LogP contribution in [0.4, 0.5) is 0 Å². The van der Waals surface area contributed by atoms with Gasteiger partial charge in [-0.05, 0) is 33.9 Å². The number of carbonyl (C=O) groups excluding carboxylic acids is 1. The van der Waals surface area contributed by atoms with E-state index in [-0.39, 0.29) is 11.4 Å². The Labute approximate surface area is 107 Å². The topological polar surface area (TPSA) is 29.5 Å². The van der Waals surface area contributed by atoms with Crippen LogP contribution in [0.15, 0.2) is 0 Å². The van der Waals surface area contributed by atoms with Crippen LogP contribution in [0, 0.1) is 5.41 Å². The van der Waals surface area contributed by atoms with Crippen LogP contribution in [0.5, 0.6) is 0 Å². The van der Waals surface area contributed by atoms with Crippen molar-refractivity contribution in [1.82, 2.24) is 4.90 Å². The predicted molar refractivity (Wildman–Crippen MR) is 72.1 cm³/mol. The van der Waals surface area contributed by atoms with Gasteiger partial charge in [-0.15, -0.1) is 0 Å². The molecule has 0 bridgehead atoms. The van der Waals surface area contributed by atoms with E-state index in [1.807, 2.05) is 25.9 Å². The monoisotopic (exact) mass is 243 g/mol. The largest absolute Gasteiger partial charge is 0.464 e. The summed E-state index contributed by atoms with van der Waals surface area (Å²) >= 11 is 0. The maximum atomic E-state index is 12.0. The van der Waals surface area contributed by atoms with Gasteiger partial charge in [0.25, 0.3) is 0 Å². The summed E-state index contributed by atoms with van der Waals surface area (Å²) in [5.41, 5.74) is -0.290. The minimum Gasteiger partial charge on any atom is -0.464 e.